The van der Waals surface area contributed by atoms with Crippen molar-refractivity contribution in [3.63, 3.8) is 0 Å². The van der Waals surface area contributed by atoms with E-state index in [9.17, 15) is 4.79 Å². The van der Waals surface area contributed by atoms with E-state index in [-0.39, 0.29) is 17.1 Å². The smallest absolute Gasteiger partial charge is 0.220 e. The fraction of sp³-hybridized carbons (Fsp3) is 0.500. The van der Waals surface area contributed by atoms with Crippen LogP contribution < -0.4 is 10.1 Å². The molecular formula is C18H21N3O2. The summed E-state index contributed by atoms with van der Waals surface area (Å²) in [5, 5.41) is 11.3. The number of carbonyl (C=O) groups excluding carboxylic acids is 1. The lowest BCUT2D eigenvalue weighted by atomic mass is 10.0. The number of benzene rings is 1. The molecule has 0 bridgehead atoms. The van der Waals surface area contributed by atoms with E-state index in [0.717, 1.165) is 30.6 Å². The molecule has 1 aliphatic carbocycles. The second kappa shape index (κ2) is 6.04. The highest BCUT2D eigenvalue weighted by Crippen LogP contribution is 2.46. The van der Waals surface area contributed by atoms with Crippen molar-refractivity contribution in [2.45, 2.75) is 49.7 Å². The lowest BCUT2D eigenvalue weighted by molar-refractivity contribution is -0.122. The summed E-state index contributed by atoms with van der Waals surface area (Å²) in [6.07, 6.45) is 9.67. The molecule has 0 aromatic heterocycles. The molecule has 5 heteroatoms. The van der Waals surface area contributed by atoms with Gasteiger partial charge in [0.15, 0.2) is 5.66 Å². The van der Waals surface area contributed by atoms with Crippen LogP contribution in [-0.4, -0.2) is 18.7 Å². The van der Waals surface area contributed by atoms with Crippen LogP contribution in [0.25, 0.3) is 0 Å². The highest BCUT2D eigenvalue weighted by Gasteiger charge is 2.46. The summed E-state index contributed by atoms with van der Waals surface area (Å²) < 4.78 is 5.18. The average molecular weight is 311 g/mol. The molecule has 120 valence electrons. The van der Waals surface area contributed by atoms with Gasteiger partial charge in [-0.25, -0.2) is 0 Å². The average Bonchev–Trinajstić information content (AvgIpc) is 3.49. The molecule has 0 unspecified atom stereocenters. The Hall–Kier alpha value is -2.35. The Balaban J connectivity index is 1.52. The van der Waals surface area contributed by atoms with Crippen LogP contribution in [-0.2, 0) is 10.3 Å². The first-order valence-corrected chi connectivity index (χ1v) is 7.95. The van der Waals surface area contributed by atoms with E-state index in [0.29, 0.717) is 19.3 Å². The van der Waals surface area contributed by atoms with Crippen molar-refractivity contribution < 1.29 is 9.53 Å². The molecule has 5 nitrogen and oxygen atoms in total. The lowest BCUT2D eigenvalue weighted by Crippen LogP contribution is -2.35. The van der Waals surface area contributed by atoms with Crippen molar-refractivity contribution in [2.75, 3.05) is 7.11 Å². The van der Waals surface area contributed by atoms with E-state index in [1.165, 1.54) is 0 Å². The third-order valence-corrected chi connectivity index (χ3v) is 4.58. The number of terminal acetylenes is 1. The molecule has 2 aliphatic rings. The summed E-state index contributed by atoms with van der Waals surface area (Å²) in [6.45, 7) is 0. The molecule has 0 spiro atoms. The lowest BCUT2D eigenvalue weighted by Gasteiger charge is -2.19. The van der Waals surface area contributed by atoms with Crippen LogP contribution in [0.4, 0.5) is 0 Å². The number of amides is 1. The van der Waals surface area contributed by atoms with Crippen LogP contribution in [0.3, 0.4) is 0 Å². The number of nitrogens with zero attached hydrogens (tertiary/aromatic N) is 2. The van der Waals surface area contributed by atoms with Crippen molar-refractivity contribution in [1.82, 2.24) is 5.32 Å². The van der Waals surface area contributed by atoms with Crippen LogP contribution in [0.2, 0.25) is 0 Å². The predicted molar refractivity (Wildman–Crippen MR) is 86.9 cm³/mol. The fourth-order valence-corrected chi connectivity index (χ4v) is 2.83. The van der Waals surface area contributed by atoms with Crippen LogP contribution in [0.15, 0.2) is 34.5 Å². The van der Waals surface area contributed by atoms with Gasteiger partial charge >= 0.3 is 0 Å². The maximum atomic E-state index is 12.3. The number of methoxy groups -OCH3 is 1. The van der Waals surface area contributed by atoms with Crippen LogP contribution in [0.1, 0.15) is 44.1 Å². The van der Waals surface area contributed by atoms with Gasteiger partial charge in [-0.1, -0.05) is 12.1 Å². The second-order valence-corrected chi connectivity index (χ2v) is 6.25. The molecule has 1 saturated carbocycles. The Morgan fingerprint density at radius 2 is 2.00 bits per heavy atom. The van der Waals surface area contributed by atoms with Gasteiger partial charge in [0.1, 0.15) is 5.75 Å². The number of carbonyl (C=O) groups is 1. The minimum Gasteiger partial charge on any atom is -0.497 e. The number of nitrogens with one attached hydrogen (secondary N) is 1. The standard InChI is InChI=1S/C18H21N3O2/c1-3-4-10-18(20-21-18)11-9-16(22)19-17(12-13-17)14-5-7-15(23-2)8-6-14/h1,5-8H,4,9-13H2,2H3,(H,19,22). The molecule has 0 atom stereocenters. The zero-order chi connectivity index (χ0) is 16.3. The van der Waals surface area contributed by atoms with Gasteiger partial charge in [-0.2, -0.15) is 10.2 Å². The Morgan fingerprint density at radius 1 is 1.30 bits per heavy atom. The summed E-state index contributed by atoms with van der Waals surface area (Å²) in [5.74, 6) is 3.47. The van der Waals surface area contributed by atoms with Crippen molar-refractivity contribution in [1.29, 1.82) is 0 Å². The summed E-state index contributed by atoms with van der Waals surface area (Å²) in [7, 11) is 1.65. The quantitative estimate of drug-likeness (QED) is 0.750. The monoisotopic (exact) mass is 311 g/mol. The van der Waals surface area contributed by atoms with E-state index in [1.54, 1.807) is 7.11 Å². The van der Waals surface area contributed by atoms with Gasteiger partial charge < -0.3 is 10.1 Å². The van der Waals surface area contributed by atoms with Gasteiger partial charge in [0, 0.05) is 25.7 Å². The second-order valence-electron chi connectivity index (χ2n) is 6.25. The van der Waals surface area contributed by atoms with Crippen molar-refractivity contribution in [2.24, 2.45) is 10.2 Å². The first kappa shape index (κ1) is 15.5. The zero-order valence-electron chi connectivity index (χ0n) is 13.3. The van der Waals surface area contributed by atoms with Gasteiger partial charge in [0.05, 0.1) is 12.6 Å². The number of rotatable bonds is 8. The van der Waals surface area contributed by atoms with E-state index in [2.05, 4.69) is 21.5 Å². The van der Waals surface area contributed by atoms with E-state index < -0.39 is 0 Å². The van der Waals surface area contributed by atoms with Crippen LogP contribution >= 0.6 is 0 Å². The van der Waals surface area contributed by atoms with Gasteiger partial charge in [0.25, 0.3) is 0 Å². The van der Waals surface area contributed by atoms with Crippen LogP contribution in [0.5, 0.6) is 5.75 Å². The molecule has 1 fully saturated rings. The summed E-state index contributed by atoms with van der Waals surface area (Å²) in [5.41, 5.74) is 0.544. The Bertz CT molecular complexity index is 648. The van der Waals surface area contributed by atoms with Crippen LogP contribution in [0, 0.1) is 12.3 Å². The first-order chi connectivity index (χ1) is 11.1. The number of hydrogen-bond acceptors (Lipinski definition) is 4. The van der Waals surface area contributed by atoms with Gasteiger partial charge in [0.2, 0.25) is 5.91 Å². The largest absolute Gasteiger partial charge is 0.497 e. The summed E-state index contributed by atoms with van der Waals surface area (Å²) in [4.78, 5) is 12.3. The van der Waals surface area contributed by atoms with Gasteiger partial charge in [-0.3, -0.25) is 4.79 Å². The van der Waals surface area contributed by atoms with Gasteiger partial charge in [-0.15, -0.1) is 12.3 Å². The molecule has 1 heterocycles. The third kappa shape index (κ3) is 3.53. The maximum absolute atomic E-state index is 12.3. The molecule has 0 radical (unpaired) electrons. The fourth-order valence-electron chi connectivity index (χ4n) is 2.83. The number of ether oxygens (including phenoxy) is 1. The normalized spacial score (nSPS) is 18.8. The molecule has 1 aliphatic heterocycles. The van der Waals surface area contributed by atoms with Gasteiger partial charge in [-0.05, 0) is 30.5 Å². The highest BCUT2D eigenvalue weighted by molar-refractivity contribution is 5.77. The Morgan fingerprint density at radius 3 is 2.52 bits per heavy atom. The zero-order valence-corrected chi connectivity index (χ0v) is 13.3. The number of hydrogen-bond donors (Lipinski definition) is 1. The Labute approximate surface area is 136 Å². The molecule has 1 N–H and O–H groups in total. The molecule has 0 saturated heterocycles. The molecule has 3 rings (SSSR count). The van der Waals surface area contributed by atoms with E-state index in [4.69, 9.17) is 11.2 Å². The Kier molecular flexibility index (Phi) is 4.08. The maximum Gasteiger partial charge on any atom is 0.220 e. The van der Waals surface area contributed by atoms with E-state index in [1.807, 2.05) is 24.3 Å². The SMILES string of the molecule is C#CCCC1(CCC(=O)NC2(c3ccc(OC)cc3)CC2)N=N1. The summed E-state index contributed by atoms with van der Waals surface area (Å²) >= 11 is 0. The van der Waals surface area contributed by atoms with Crippen molar-refractivity contribution in [3.8, 4) is 18.1 Å². The molecule has 1 amide bonds. The van der Waals surface area contributed by atoms with Crippen molar-refractivity contribution >= 4 is 5.91 Å². The third-order valence-electron chi connectivity index (χ3n) is 4.58. The minimum atomic E-state index is -0.388. The predicted octanol–water partition coefficient (Wildman–Crippen LogP) is 3.16. The molecule has 1 aromatic carbocycles. The highest BCUT2D eigenvalue weighted by atomic mass is 16.5. The van der Waals surface area contributed by atoms with E-state index >= 15 is 0 Å². The summed E-state index contributed by atoms with van der Waals surface area (Å²) in [6, 6.07) is 7.90. The first-order valence-electron chi connectivity index (χ1n) is 7.95. The topological polar surface area (TPSA) is 63.0 Å². The van der Waals surface area contributed by atoms with Crippen molar-refractivity contribution in [3.05, 3.63) is 29.8 Å². The molecular weight excluding hydrogens is 290 g/mol. The molecule has 23 heavy (non-hydrogen) atoms. The minimum absolute atomic E-state index is 0.0516. The molecule has 1 aromatic rings.